The van der Waals surface area contributed by atoms with Crippen LogP contribution < -0.4 is 25.0 Å². The highest BCUT2D eigenvalue weighted by Gasteiger charge is 2.13. The van der Waals surface area contributed by atoms with Gasteiger partial charge in [0.1, 0.15) is 6.54 Å². The molecule has 0 aromatic heterocycles. The summed E-state index contributed by atoms with van der Waals surface area (Å²) in [5.74, 6) is 1.59. The number of quaternary nitrogens is 1. The van der Waals surface area contributed by atoms with Crippen molar-refractivity contribution in [3.8, 4) is 11.5 Å². The van der Waals surface area contributed by atoms with Gasteiger partial charge in [0.05, 0.1) is 13.1 Å². The molecule has 0 aliphatic carbocycles. The monoisotopic (exact) mass is 386 g/mol. The van der Waals surface area contributed by atoms with Crippen LogP contribution in [0.2, 0.25) is 0 Å². The van der Waals surface area contributed by atoms with E-state index >= 15 is 0 Å². The molecule has 1 aliphatic heterocycles. The van der Waals surface area contributed by atoms with E-state index in [2.05, 4.69) is 48.7 Å². The molecule has 1 heterocycles. The van der Waals surface area contributed by atoms with Gasteiger partial charge in [-0.2, -0.15) is 0 Å². The van der Waals surface area contributed by atoms with Crippen LogP contribution in [-0.4, -0.2) is 25.0 Å². The fourth-order valence-electron chi connectivity index (χ4n) is 3.04. The Labute approximate surface area is 166 Å². The standard InChI is InChI=1S/C21H27N3O2S/c1-3-24(4-2)14-17-7-5-16(6-8-17)12-22-21(27)23-13-18-9-10-19-20(11-18)26-15-25-19/h5-11H,3-4,12-15H2,1-2H3,(H2,22,23,27)/p+1. The Morgan fingerprint density at radius 2 is 1.48 bits per heavy atom. The minimum absolute atomic E-state index is 0.293. The van der Waals surface area contributed by atoms with Gasteiger partial charge in [0.2, 0.25) is 6.79 Å². The number of hydrogen-bond donors (Lipinski definition) is 3. The second-order valence-electron chi connectivity index (χ2n) is 6.67. The van der Waals surface area contributed by atoms with Crippen LogP contribution in [0.4, 0.5) is 0 Å². The molecule has 2 aromatic rings. The first kappa shape index (κ1) is 19.5. The summed E-state index contributed by atoms with van der Waals surface area (Å²) in [5, 5.41) is 7.14. The van der Waals surface area contributed by atoms with Crippen molar-refractivity contribution in [1.82, 2.24) is 10.6 Å². The Hall–Kier alpha value is -2.31. The molecule has 0 saturated heterocycles. The van der Waals surface area contributed by atoms with E-state index in [0.717, 1.165) is 36.7 Å². The Kier molecular flexibility index (Phi) is 6.90. The molecule has 0 saturated carbocycles. The molecule has 0 spiro atoms. The SMILES string of the molecule is CC[NH+](CC)Cc1ccc(CNC(=S)NCc2ccc3c(c2)OCO3)cc1. The zero-order valence-electron chi connectivity index (χ0n) is 16.0. The van der Waals surface area contributed by atoms with Crippen molar-refractivity contribution >= 4 is 17.3 Å². The molecule has 0 radical (unpaired) electrons. The second kappa shape index (κ2) is 9.58. The topological polar surface area (TPSA) is 47.0 Å². The lowest BCUT2D eigenvalue weighted by Crippen LogP contribution is -3.10. The van der Waals surface area contributed by atoms with Crippen molar-refractivity contribution in [1.29, 1.82) is 0 Å². The molecular weight excluding hydrogens is 358 g/mol. The molecule has 0 atom stereocenters. The molecule has 144 valence electrons. The average molecular weight is 387 g/mol. The van der Waals surface area contributed by atoms with Gasteiger partial charge in [0, 0.05) is 18.7 Å². The summed E-state index contributed by atoms with van der Waals surface area (Å²) in [6.45, 7) is 9.51. The van der Waals surface area contributed by atoms with Gasteiger partial charge >= 0.3 is 0 Å². The third-order valence-electron chi connectivity index (χ3n) is 4.82. The van der Waals surface area contributed by atoms with Crippen molar-refractivity contribution in [2.75, 3.05) is 19.9 Å². The van der Waals surface area contributed by atoms with E-state index in [4.69, 9.17) is 21.7 Å². The third kappa shape index (κ3) is 5.58. The molecule has 3 rings (SSSR count). The maximum atomic E-state index is 5.40. The molecule has 0 amide bonds. The third-order valence-corrected chi connectivity index (χ3v) is 5.11. The van der Waals surface area contributed by atoms with Gasteiger partial charge in [-0.15, -0.1) is 0 Å². The number of hydrogen-bond acceptors (Lipinski definition) is 3. The van der Waals surface area contributed by atoms with E-state index in [1.165, 1.54) is 11.1 Å². The molecular formula is C21H28N3O2S+. The van der Waals surface area contributed by atoms with Gasteiger partial charge in [-0.05, 0) is 49.3 Å². The average Bonchev–Trinajstić information content (AvgIpc) is 3.17. The molecule has 0 fully saturated rings. The van der Waals surface area contributed by atoms with E-state index < -0.39 is 0 Å². The highest BCUT2D eigenvalue weighted by atomic mass is 32.1. The van der Waals surface area contributed by atoms with E-state index in [1.54, 1.807) is 4.90 Å². The summed E-state index contributed by atoms with van der Waals surface area (Å²) in [6.07, 6.45) is 0. The smallest absolute Gasteiger partial charge is 0.231 e. The first-order valence-corrected chi connectivity index (χ1v) is 9.90. The summed E-state index contributed by atoms with van der Waals surface area (Å²) < 4.78 is 10.7. The lowest BCUT2D eigenvalue weighted by Gasteiger charge is -2.15. The van der Waals surface area contributed by atoms with Gasteiger partial charge in [-0.3, -0.25) is 0 Å². The maximum Gasteiger partial charge on any atom is 0.231 e. The van der Waals surface area contributed by atoms with Crippen LogP contribution in [0.3, 0.4) is 0 Å². The molecule has 1 aliphatic rings. The van der Waals surface area contributed by atoms with Crippen molar-refractivity contribution in [3.63, 3.8) is 0 Å². The molecule has 2 aromatic carbocycles. The normalized spacial score (nSPS) is 12.3. The lowest BCUT2D eigenvalue weighted by atomic mass is 10.1. The highest BCUT2D eigenvalue weighted by molar-refractivity contribution is 7.80. The maximum absolute atomic E-state index is 5.40. The lowest BCUT2D eigenvalue weighted by molar-refractivity contribution is -0.910. The molecule has 6 heteroatoms. The molecule has 0 unspecified atom stereocenters. The van der Waals surface area contributed by atoms with E-state index in [-0.39, 0.29) is 0 Å². The van der Waals surface area contributed by atoms with Gasteiger partial charge in [0.15, 0.2) is 16.6 Å². The summed E-state index contributed by atoms with van der Waals surface area (Å²) in [6, 6.07) is 14.7. The van der Waals surface area contributed by atoms with Gasteiger partial charge < -0.3 is 25.0 Å². The summed E-state index contributed by atoms with van der Waals surface area (Å²) >= 11 is 5.38. The Morgan fingerprint density at radius 3 is 2.19 bits per heavy atom. The number of fused-ring (bicyclic) bond motifs is 1. The Morgan fingerprint density at radius 1 is 0.889 bits per heavy atom. The van der Waals surface area contributed by atoms with E-state index in [1.807, 2.05) is 18.2 Å². The van der Waals surface area contributed by atoms with Crippen molar-refractivity contribution in [2.45, 2.75) is 33.5 Å². The van der Waals surface area contributed by atoms with Gasteiger partial charge in [-0.25, -0.2) is 0 Å². The predicted molar refractivity (Wildman–Crippen MR) is 111 cm³/mol. The van der Waals surface area contributed by atoms with Crippen LogP contribution in [0.25, 0.3) is 0 Å². The summed E-state index contributed by atoms with van der Waals surface area (Å²) in [7, 11) is 0. The van der Waals surface area contributed by atoms with Crippen LogP contribution >= 0.6 is 12.2 Å². The number of rotatable bonds is 8. The van der Waals surface area contributed by atoms with Crippen molar-refractivity contribution in [2.24, 2.45) is 0 Å². The molecule has 0 bridgehead atoms. The number of benzene rings is 2. The summed E-state index contributed by atoms with van der Waals surface area (Å²) in [5.41, 5.74) is 3.70. The largest absolute Gasteiger partial charge is 0.454 e. The van der Waals surface area contributed by atoms with Crippen molar-refractivity contribution < 1.29 is 14.4 Å². The van der Waals surface area contributed by atoms with Gasteiger partial charge in [0.25, 0.3) is 0 Å². The van der Waals surface area contributed by atoms with Crippen molar-refractivity contribution in [3.05, 3.63) is 59.2 Å². The van der Waals surface area contributed by atoms with E-state index in [0.29, 0.717) is 25.0 Å². The fourth-order valence-corrected chi connectivity index (χ4v) is 3.19. The summed E-state index contributed by atoms with van der Waals surface area (Å²) in [4.78, 5) is 1.59. The first-order valence-electron chi connectivity index (χ1n) is 9.49. The zero-order valence-corrected chi connectivity index (χ0v) is 16.8. The van der Waals surface area contributed by atoms with Crippen LogP contribution in [0.1, 0.15) is 30.5 Å². The molecule has 3 N–H and O–H groups in total. The highest BCUT2D eigenvalue weighted by Crippen LogP contribution is 2.32. The second-order valence-corrected chi connectivity index (χ2v) is 7.08. The zero-order chi connectivity index (χ0) is 19.1. The minimum Gasteiger partial charge on any atom is -0.454 e. The first-order chi connectivity index (χ1) is 13.2. The Balaban J connectivity index is 1.42. The van der Waals surface area contributed by atoms with Crippen LogP contribution in [-0.2, 0) is 19.6 Å². The Bertz CT molecular complexity index is 761. The predicted octanol–water partition coefficient (Wildman–Crippen LogP) is 2.00. The van der Waals surface area contributed by atoms with Gasteiger partial charge in [-0.1, -0.05) is 30.3 Å². The van der Waals surface area contributed by atoms with Crippen LogP contribution in [0, 0.1) is 0 Å². The molecule has 27 heavy (non-hydrogen) atoms. The molecule has 5 nitrogen and oxygen atoms in total. The minimum atomic E-state index is 0.293. The fraction of sp³-hybridized carbons (Fsp3) is 0.381. The number of ether oxygens (including phenoxy) is 2. The van der Waals surface area contributed by atoms with Crippen LogP contribution in [0.5, 0.6) is 11.5 Å². The quantitative estimate of drug-likeness (QED) is 0.606. The number of thiocarbonyl (C=S) groups is 1. The number of nitrogens with one attached hydrogen (secondary N) is 3. The van der Waals surface area contributed by atoms with E-state index in [9.17, 15) is 0 Å². The van der Waals surface area contributed by atoms with Crippen LogP contribution in [0.15, 0.2) is 42.5 Å².